The van der Waals surface area contributed by atoms with Gasteiger partial charge in [-0.3, -0.25) is 9.89 Å². The van der Waals surface area contributed by atoms with Gasteiger partial charge in [0, 0.05) is 35.0 Å². The fourth-order valence-electron chi connectivity index (χ4n) is 3.05. The van der Waals surface area contributed by atoms with E-state index in [0.717, 1.165) is 24.6 Å². The Hall–Kier alpha value is -3.54. The lowest BCUT2D eigenvalue weighted by Crippen LogP contribution is -2.18. The predicted molar refractivity (Wildman–Crippen MR) is 101 cm³/mol. The highest BCUT2D eigenvalue weighted by Gasteiger charge is 2.26. The van der Waals surface area contributed by atoms with Crippen molar-refractivity contribution in [2.45, 2.75) is 38.0 Å². The molecule has 1 aliphatic carbocycles. The van der Waals surface area contributed by atoms with Crippen LogP contribution in [0, 0.1) is 11.3 Å². The normalized spacial score (nSPS) is 14.6. The molecule has 3 aromatic rings. The molecule has 7 nitrogen and oxygen atoms in total. The van der Waals surface area contributed by atoms with E-state index < -0.39 is 12.3 Å². The molecule has 0 unspecified atom stereocenters. The van der Waals surface area contributed by atoms with E-state index in [1.54, 1.807) is 13.1 Å². The summed E-state index contributed by atoms with van der Waals surface area (Å²) < 4.78 is 27.5. The number of carbonyl (C=O) groups is 1. The minimum atomic E-state index is -2.70. The van der Waals surface area contributed by atoms with Gasteiger partial charge in [-0.05, 0) is 38.0 Å². The number of halogens is 2. The average Bonchev–Trinajstić information content (AvgIpc) is 3.26. The van der Waals surface area contributed by atoms with Crippen molar-refractivity contribution in [2.24, 2.45) is 0 Å². The van der Waals surface area contributed by atoms with Crippen LogP contribution in [0.25, 0.3) is 5.69 Å². The van der Waals surface area contributed by atoms with Crippen molar-refractivity contribution < 1.29 is 13.6 Å². The summed E-state index contributed by atoms with van der Waals surface area (Å²) in [6, 6.07) is 7.60. The van der Waals surface area contributed by atoms with Crippen LogP contribution in [0.15, 0.2) is 36.7 Å². The second-order valence-corrected chi connectivity index (χ2v) is 7.14. The lowest BCUT2D eigenvalue weighted by Gasteiger charge is -2.09. The molecule has 1 aliphatic rings. The molecule has 1 aromatic carbocycles. The minimum absolute atomic E-state index is 0.116. The number of carbonyl (C=O) groups excluding carboxylic acids is 1. The maximum absolute atomic E-state index is 13.1. The lowest BCUT2D eigenvalue weighted by molar-refractivity contribution is -0.117. The molecule has 2 N–H and O–H groups in total. The van der Waals surface area contributed by atoms with Crippen LogP contribution in [0.3, 0.4) is 0 Å². The molecular formula is C20H18F2N6O. The smallest absolute Gasteiger partial charge is 0.263 e. The van der Waals surface area contributed by atoms with Crippen LogP contribution in [0.2, 0.25) is 0 Å². The van der Waals surface area contributed by atoms with Gasteiger partial charge in [0.05, 0.1) is 29.4 Å². The Morgan fingerprint density at radius 1 is 1.31 bits per heavy atom. The number of hydrogen-bond donors (Lipinski definition) is 2. The van der Waals surface area contributed by atoms with Crippen LogP contribution < -0.4 is 5.32 Å². The molecule has 9 heteroatoms. The Kier molecular flexibility index (Phi) is 4.84. The Morgan fingerprint density at radius 2 is 2.10 bits per heavy atom. The van der Waals surface area contributed by atoms with Gasteiger partial charge in [-0.2, -0.15) is 15.5 Å². The van der Waals surface area contributed by atoms with Crippen LogP contribution in [0.4, 0.5) is 14.6 Å². The van der Waals surface area contributed by atoms with Gasteiger partial charge < -0.3 is 5.32 Å². The predicted octanol–water partition coefficient (Wildman–Crippen LogP) is 4.02. The van der Waals surface area contributed by atoms with Gasteiger partial charge in [-0.15, -0.1) is 0 Å². The Bertz CT molecular complexity index is 1090. The summed E-state index contributed by atoms with van der Waals surface area (Å²) in [6.07, 6.45) is 2.66. The highest BCUT2D eigenvalue weighted by atomic mass is 19.3. The number of aromatic nitrogens is 4. The van der Waals surface area contributed by atoms with Crippen LogP contribution >= 0.6 is 0 Å². The van der Waals surface area contributed by atoms with Gasteiger partial charge in [-0.25, -0.2) is 13.5 Å². The molecule has 0 radical (unpaired) electrons. The second-order valence-electron chi connectivity index (χ2n) is 7.14. The van der Waals surface area contributed by atoms with Crippen LogP contribution in [0.5, 0.6) is 0 Å². The zero-order valence-corrected chi connectivity index (χ0v) is 15.6. The van der Waals surface area contributed by atoms with E-state index in [0.29, 0.717) is 23.0 Å². The third kappa shape index (κ3) is 4.01. The van der Waals surface area contributed by atoms with Gasteiger partial charge in [0.2, 0.25) is 5.91 Å². The number of nitriles is 1. The standard InChI is InChI=1S/C20H18F2N6O/c1-11(20(29)25-18-7-17(26-27-18)13-2-3-13)15-9-24-28(10-15)16-5-12(8-23)4-14(6-16)19(21)22/h4-7,9-11,13,19H,2-3H2,1H3,(H2,25,26,27,29)/t11-/m0/s1. The van der Waals surface area contributed by atoms with Gasteiger partial charge in [0.15, 0.2) is 5.82 Å². The zero-order valence-electron chi connectivity index (χ0n) is 15.6. The summed E-state index contributed by atoms with van der Waals surface area (Å²) in [6.45, 7) is 1.72. The van der Waals surface area contributed by atoms with Gasteiger partial charge >= 0.3 is 0 Å². The summed E-state index contributed by atoms with van der Waals surface area (Å²) >= 11 is 0. The molecular weight excluding hydrogens is 378 g/mol. The zero-order chi connectivity index (χ0) is 20.5. The van der Waals surface area contributed by atoms with E-state index >= 15 is 0 Å². The number of rotatable bonds is 6. The Labute approximate surface area is 165 Å². The monoisotopic (exact) mass is 396 g/mol. The van der Waals surface area contributed by atoms with Crippen molar-refractivity contribution in [3.63, 3.8) is 0 Å². The molecule has 1 saturated carbocycles. The topological polar surface area (TPSA) is 99.4 Å². The highest BCUT2D eigenvalue weighted by molar-refractivity contribution is 5.94. The molecule has 1 amide bonds. The van der Waals surface area contributed by atoms with Crippen molar-refractivity contribution in [1.82, 2.24) is 20.0 Å². The first-order chi connectivity index (χ1) is 13.9. The highest BCUT2D eigenvalue weighted by Crippen LogP contribution is 2.39. The van der Waals surface area contributed by atoms with Crippen LogP contribution in [-0.4, -0.2) is 25.9 Å². The average molecular weight is 396 g/mol. The molecule has 2 aromatic heterocycles. The third-order valence-electron chi connectivity index (χ3n) is 4.95. The van der Waals surface area contributed by atoms with E-state index in [2.05, 4.69) is 20.6 Å². The largest absolute Gasteiger partial charge is 0.309 e. The van der Waals surface area contributed by atoms with Crippen molar-refractivity contribution in [3.8, 4) is 11.8 Å². The number of hydrogen-bond acceptors (Lipinski definition) is 4. The van der Waals surface area contributed by atoms with Crippen molar-refractivity contribution in [1.29, 1.82) is 5.26 Å². The van der Waals surface area contributed by atoms with Gasteiger partial charge in [-0.1, -0.05) is 0 Å². The molecule has 1 atom stereocenters. The summed E-state index contributed by atoms with van der Waals surface area (Å²) in [7, 11) is 0. The summed E-state index contributed by atoms with van der Waals surface area (Å²) in [4.78, 5) is 12.6. The number of amides is 1. The molecule has 0 saturated heterocycles. The Balaban J connectivity index is 1.51. The molecule has 2 heterocycles. The molecule has 0 spiro atoms. The van der Waals surface area contributed by atoms with E-state index in [-0.39, 0.29) is 17.0 Å². The van der Waals surface area contributed by atoms with Crippen molar-refractivity contribution >= 4 is 11.7 Å². The first-order valence-corrected chi connectivity index (χ1v) is 9.19. The number of benzene rings is 1. The number of aromatic amines is 1. The van der Waals surface area contributed by atoms with E-state index in [9.17, 15) is 13.6 Å². The Morgan fingerprint density at radius 3 is 2.79 bits per heavy atom. The van der Waals surface area contributed by atoms with E-state index in [4.69, 9.17) is 5.26 Å². The number of anilines is 1. The number of alkyl halides is 2. The molecule has 0 bridgehead atoms. The maximum atomic E-state index is 13.1. The molecule has 4 rings (SSSR count). The first kappa shape index (κ1) is 18.8. The van der Waals surface area contributed by atoms with Crippen molar-refractivity contribution in [3.05, 3.63) is 59.0 Å². The SMILES string of the molecule is C[C@H](C(=O)Nc1cc(C2CC2)[nH]n1)c1cnn(-c2cc(C#N)cc(C(F)F)c2)c1. The number of nitrogens with one attached hydrogen (secondary N) is 2. The fourth-order valence-corrected chi connectivity index (χ4v) is 3.05. The third-order valence-corrected chi connectivity index (χ3v) is 4.95. The summed E-state index contributed by atoms with van der Waals surface area (Å²) in [5, 5.41) is 23.1. The number of nitrogens with zero attached hydrogens (tertiary/aromatic N) is 4. The summed E-state index contributed by atoms with van der Waals surface area (Å²) in [5.41, 5.74) is 1.83. The summed E-state index contributed by atoms with van der Waals surface area (Å²) in [5.74, 6) is 0.196. The first-order valence-electron chi connectivity index (χ1n) is 9.19. The fraction of sp³-hybridized carbons (Fsp3) is 0.300. The molecule has 29 heavy (non-hydrogen) atoms. The van der Waals surface area contributed by atoms with E-state index in [1.807, 2.05) is 12.1 Å². The van der Waals surface area contributed by atoms with E-state index in [1.165, 1.54) is 23.0 Å². The maximum Gasteiger partial charge on any atom is 0.263 e. The van der Waals surface area contributed by atoms with Crippen molar-refractivity contribution in [2.75, 3.05) is 5.32 Å². The molecule has 1 fully saturated rings. The lowest BCUT2D eigenvalue weighted by atomic mass is 10.0. The molecule has 0 aliphatic heterocycles. The van der Waals surface area contributed by atoms with Gasteiger partial charge in [0.25, 0.3) is 6.43 Å². The minimum Gasteiger partial charge on any atom is -0.309 e. The van der Waals surface area contributed by atoms with Gasteiger partial charge in [0.1, 0.15) is 0 Å². The quantitative estimate of drug-likeness (QED) is 0.657. The van der Waals surface area contributed by atoms with Crippen LogP contribution in [-0.2, 0) is 4.79 Å². The second kappa shape index (κ2) is 7.47. The molecule has 148 valence electrons. The van der Waals surface area contributed by atoms with Crippen LogP contribution in [0.1, 0.15) is 60.4 Å². The number of H-pyrrole nitrogens is 1.